The molecule has 6 heteroatoms. The Bertz CT molecular complexity index is 806. The van der Waals surface area contributed by atoms with E-state index in [0.29, 0.717) is 5.75 Å². The summed E-state index contributed by atoms with van der Waals surface area (Å²) in [6.07, 6.45) is 11.2. The molecular weight excluding hydrogens is 399 g/mol. The first-order valence-corrected chi connectivity index (χ1v) is 11.2. The van der Waals surface area contributed by atoms with Crippen LogP contribution in [0.25, 0.3) is 0 Å². The van der Waals surface area contributed by atoms with Crippen molar-refractivity contribution in [3.8, 4) is 11.5 Å². The predicted molar refractivity (Wildman–Crippen MR) is 107 cm³/mol. The summed E-state index contributed by atoms with van der Waals surface area (Å²) in [6.45, 7) is 2.23. The second-order valence-corrected chi connectivity index (χ2v) is 8.22. The Hall–Kier alpha value is -0.214. The number of hydrogen-bond acceptors (Lipinski definition) is 4. The zero-order valence-electron chi connectivity index (χ0n) is 17.0. The van der Waals surface area contributed by atoms with Crippen molar-refractivity contribution in [1.29, 1.82) is 0 Å². The van der Waals surface area contributed by atoms with E-state index in [4.69, 9.17) is 4.74 Å². The molecule has 0 aliphatic heterocycles. The van der Waals surface area contributed by atoms with Crippen molar-refractivity contribution in [2.24, 2.45) is 0 Å². The van der Waals surface area contributed by atoms with Gasteiger partial charge < -0.3 is 9.29 Å². The van der Waals surface area contributed by atoms with Gasteiger partial charge in [-0.05, 0) is 42.7 Å². The summed E-state index contributed by atoms with van der Waals surface area (Å²) < 4.78 is 39.8. The fourth-order valence-electron chi connectivity index (χ4n) is 3.10. The van der Waals surface area contributed by atoms with E-state index < -0.39 is 10.1 Å². The second-order valence-electron chi connectivity index (χ2n) is 6.88. The van der Waals surface area contributed by atoms with E-state index in [1.807, 2.05) is 18.2 Å². The van der Waals surface area contributed by atoms with Crippen molar-refractivity contribution in [2.75, 3.05) is 0 Å². The molecule has 0 spiro atoms. The molecule has 2 aromatic carbocycles. The zero-order chi connectivity index (χ0) is 19.5. The molecule has 0 aliphatic rings. The van der Waals surface area contributed by atoms with Gasteiger partial charge in [-0.25, -0.2) is 8.42 Å². The maximum atomic E-state index is 11.4. The van der Waals surface area contributed by atoms with Gasteiger partial charge in [-0.15, -0.1) is 0 Å². The smallest absolute Gasteiger partial charge is 0.744 e. The summed E-state index contributed by atoms with van der Waals surface area (Å²) in [5, 5.41) is 0. The average molecular weight is 429 g/mol. The van der Waals surface area contributed by atoms with Crippen LogP contribution in [0.1, 0.15) is 63.9 Å². The van der Waals surface area contributed by atoms with Crippen molar-refractivity contribution in [3.05, 3.63) is 54.1 Å². The normalized spacial score (nSPS) is 11.1. The van der Waals surface area contributed by atoms with Gasteiger partial charge in [-0.3, -0.25) is 0 Å². The zero-order valence-corrected chi connectivity index (χ0v) is 21.0. The number of unbranched alkanes of at least 4 members (excludes halogenated alkanes) is 7. The van der Waals surface area contributed by atoms with Crippen LogP contribution in [0.15, 0.2) is 53.4 Å². The molecule has 148 valence electrons. The van der Waals surface area contributed by atoms with Crippen molar-refractivity contribution in [3.63, 3.8) is 0 Å². The first-order chi connectivity index (χ1) is 13.0. The van der Waals surface area contributed by atoms with E-state index in [1.54, 1.807) is 12.1 Å². The van der Waals surface area contributed by atoms with Gasteiger partial charge in [0.1, 0.15) is 21.6 Å². The number of benzene rings is 2. The summed E-state index contributed by atoms with van der Waals surface area (Å²) in [5.41, 5.74) is 1.15. The van der Waals surface area contributed by atoms with Gasteiger partial charge in [0.2, 0.25) is 0 Å². The third-order valence-corrected chi connectivity index (χ3v) is 5.44. The Balaban J connectivity index is 0.00000392. The molecule has 0 fully saturated rings. The van der Waals surface area contributed by atoms with E-state index >= 15 is 0 Å². The fourth-order valence-corrected chi connectivity index (χ4v) is 3.70. The Kier molecular flexibility index (Phi) is 12.8. The summed E-state index contributed by atoms with van der Waals surface area (Å²) in [7, 11) is -4.57. The predicted octanol–water partition coefficient (Wildman–Crippen LogP) is 3.07. The van der Waals surface area contributed by atoms with Gasteiger partial charge in [-0.2, -0.15) is 0 Å². The van der Waals surface area contributed by atoms with Crippen LogP contribution in [-0.4, -0.2) is 13.0 Å². The molecule has 0 radical (unpaired) electrons. The van der Waals surface area contributed by atoms with E-state index in [0.717, 1.165) is 18.4 Å². The minimum atomic E-state index is -4.57. The van der Waals surface area contributed by atoms with Crippen LogP contribution in [0, 0.1) is 0 Å². The van der Waals surface area contributed by atoms with Crippen LogP contribution < -0.4 is 56.1 Å². The van der Waals surface area contributed by atoms with Crippen LogP contribution >= 0.6 is 0 Å². The van der Waals surface area contributed by atoms with Crippen LogP contribution in [0.5, 0.6) is 11.5 Å². The van der Waals surface area contributed by atoms with E-state index in [9.17, 15) is 13.0 Å². The molecule has 28 heavy (non-hydrogen) atoms. The van der Waals surface area contributed by atoms with Gasteiger partial charge in [0.05, 0.1) is 4.90 Å². The van der Waals surface area contributed by atoms with Crippen LogP contribution in [0.4, 0.5) is 0 Å². The minimum absolute atomic E-state index is 0. The van der Waals surface area contributed by atoms with E-state index in [2.05, 4.69) is 6.92 Å². The van der Waals surface area contributed by atoms with Gasteiger partial charge in [0.15, 0.2) is 0 Å². The average Bonchev–Trinajstić information content (AvgIpc) is 2.64. The van der Waals surface area contributed by atoms with Crippen molar-refractivity contribution < 1.29 is 69.1 Å². The van der Waals surface area contributed by atoms with Gasteiger partial charge in [0.25, 0.3) is 0 Å². The Morgan fingerprint density at radius 1 is 0.857 bits per heavy atom. The summed E-state index contributed by atoms with van der Waals surface area (Å²) >= 11 is 0. The number of ether oxygens (including phenoxy) is 1. The summed E-state index contributed by atoms with van der Waals surface area (Å²) in [5.74, 6) is 0.611. The molecule has 0 atom stereocenters. The maximum absolute atomic E-state index is 11.4. The molecule has 0 N–H and O–H groups in total. The molecular formula is C22H29KO4S. The Morgan fingerprint density at radius 3 is 2.18 bits per heavy atom. The molecule has 0 saturated carbocycles. The SMILES string of the molecule is CCCCCCCCCCc1cccc(Oc2ccccc2S(=O)(=O)[O-])c1.[K+]. The quantitative estimate of drug-likeness (QED) is 0.296. The standard InChI is InChI=1S/C22H30O4S.K/c1-2-3-4-5-6-7-8-9-13-19-14-12-15-20(18-19)26-21-16-10-11-17-22(21)27(23,24)25;/h10-12,14-18H,2-9,13H2,1H3,(H,23,24,25);/q;+1/p-1. The largest absolute Gasteiger partial charge is 1.00 e. The minimum Gasteiger partial charge on any atom is -0.744 e. The fraction of sp³-hybridized carbons (Fsp3) is 0.455. The second kappa shape index (κ2) is 13.9. The van der Waals surface area contributed by atoms with Crippen molar-refractivity contribution >= 4 is 10.1 Å². The van der Waals surface area contributed by atoms with Crippen molar-refractivity contribution in [2.45, 2.75) is 69.6 Å². The molecule has 0 amide bonds. The van der Waals surface area contributed by atoms with E-state index in [1.165, 1.54) is 63.1 Å². The first-order valence-electron chi connectivity index (χ1n) is 9.82. The van der Waals surface area contributed by atoms with Crippen LogP contribution in [0.2, 0.25) is 0 Å². The van der Waals surface area contributed by atoms with Gasteiger partial charge in [0, 0.05) is 0 Å². The molecule has 4 nitrogen and oxygen atoms in total. The molecule has 0 heterocycles. The Labute approximate surface area is 212 Å². The molecule has 0 aromatic heterocycles. The molecule has 0 unspecified atom stereocenters. The number of aryl methyl sites for hydroxylation is 1. The maximum Gasteiger partial charge on any atom is 1.00 e. The molecule has 0 aliphatic carbocycles. The van der Waals surface area contributed by atoms with Crippen LogP contribution in [-0.2, 0) is 16.5 Å². The topological polar surface area (TPSA) is 66.4 Å². The number of rotatable bonds is 12. The monoisotopic (exact) mass is 428 g/mol. The molecule has 2 rings (SSSR count). The van der Waals surface area contributed by atoms with Crippen molar-refractivity contribution in [1.82, 2.24) is 0 Å². The third-order valence-electron chi connectivity index (χ3n) is 4.56. The Morgan fingerprint density at radius 2 is 1.50 bits per heavy atom. The molecule has 0 saturated heterocycles. The first kappa shape index (κ1) is 25.8. The molecule has 0 bridgehead atoms. The van der Waals surface area contributed by atoms with Gasteiger partial charge >= 0.3 is 51.4 Å². The summed E-state index contributed by atoms with van der Waals surface area (Å²) in [4.78, 5) is -0.335. The molecule has 2 aromatic rings. The third kappa shape index (κ3) is 9.52. The number of para-hydroxylation sites is 1. The van der Waals surface area contributed by atoms with Gasteiger partial charge in [-0.1, -0.05) is 76.1 Å². The summed E-state index contributed by atoms with van der Waals surface area (Å²) in [6, 6.07) is 13.5. The number of hydrogen-bond donors (Lipinski definition) is 0. The van der Waals surface area contributed by atoms with E-state index in [-0.39, 0.29) is 62.0 Å². The van der Waals surface area contributed by atoms with Crippen LogP contribution in [0.3, 0.4) is 0 Å².